The molecule has 3 heterocycles. The first-order chi connectivity index (χ1) is 12.9. The van der Waals surface area contributed by atoms with Gasteiger partial charge in [-0.3, -0.25) is 9.48 Å². The van der Waals surface area contributed by atoms with Gasteiger partial charge in [0.25, 0.3) is 5.91 Å². The maximum atomic E-state index is 13.9. The van der Waals surface area contributed by atoms with E-state index in [0.29, 0.717) is 12.3 Å². The van der Waals surface area contributed by atoms with Gasteiger partial charge in [-0.05, 0) is 32.0 Å². The Morgan fingerprint density at radius 2 is 2.26 bits per heavy atom. The van der Waals surface area contributed by atoms with Gasteiger partial charge in [0.15, 0.2) is 5.76 Å². The number of furan rings is 1. The molecular weight excluding hydrogens is 355 g/mol. The van der Waals surface area contributed by atoms with Crippen LogP contribution in [0.2, 0.25) is 0 Å². The molecule has 0 aliphatic carbocycles. The van der Waals surface area contributed by atoms with E-state index in [1.54, 1.807) is 49.1 Å². The second-order valence-electron chi connectivity index (χ2n) is 6.75. The van der Waals surface area contributed by atoms with Crippen LogP contribution >= 0.6 is 0 Å². The van der Waals surface area contributed by atoms with Gasteiger partial charge >= 0.3 is 6.09 Å². The van der Waals surface area contributed by atoms with Gasteiger partial charge in [-0.15, -0.1) is 0 Å². The molecule has 2 amide bonds. The number of rotatable bonds is 6. The van der Waals surface area contributed by atoms with E-state index in [2.05, 4.69) is 10.4 Å². The number of likely N-dealkylation sites (tertiary alicyclic amines) is 1. The van der Waals surface area contributed by atoms with E-state index in [-0.39, 0.29) is 31.4 Å². The van der Waals surface area contributed by atoms with Crippen molar-refractivity contribution in [1.82, 2.24) is 20.0 Å². The summed E-state index contributed by atoms with van der Waals surface area (Å²) in [7, 11) is 0. The molecule has 2 aromatic rings. The summed E-state index contributed by atoms with van der Waals surface area (Å²) in [6, 6.07) is 4.62. The Morgan fingerprint density at radius 3 is 2.96 bits per heavy atom. The number of amides is 2. The molecule has 146 valence electrons. The molecule has 1 fully saturated rings. The van der Waals surface area contributed by atoms with Crippen molar-refractivity contribution in [2.45, 2.75) is 45.1 Å². The van der Waals surface area contributed by atoms with E-state index in [9.17, 15) is 14.0 Å². The molecular formula is C18H23FN4O4. The predicted molar refractivity (Wildman–Crippen MR) is 94.0 cm³/mol. The maximum absolute atomic E-state index is 13.9. The first-order valence-corrected chi connectivity index (χ1v) is 8.88. The summed E-state index contributed by atoms with van der Waals surface area (Å²) in [5, 5.41) is 6.67. The minimum atomic E-state index is -1.14. The summed E-state index contributed by atoms with van der Waals surface area (Å²) in [5.74, 6) is 0.320. The van der Waals surface area contributed by atoms with E-state index < -0.39 is 24.2 Å². The van der Waals surface area contributed by atoms with E-state index in [0.717, 1.165) is 0 Å². The van der Waals surface area contributed by atoms with E-state index in [1.165, 1.54) is 4.90 Å². The standard InChI is InChI=1S/C18H23FN4O4/c1-12(2)26-18(25)20-9-14-8-13(19)10-23(14)17(24)16-5-4-15(27-16)11-22-7-3-6-21-22/h3-7,12-14H,8-11H2,1-2H3,(H,20,25)/t13-,14-/m0/s1. The van der Waals surface area contributed by atoms with Crippen molar-refractivity contribution >= 4 is 12.0 Å². The van der Waals surface area contributed by atoms with Crippen LogP contribution in [-0.4, -0.2) is 58.1 Å². The van der Waals surface area contributed by atoms with Gasteiger partial charge in [0.1, 0.15) is 11.9 Å². The zero-order chi connectivity index (χ0) is 19.4. The minimum Gasteiger partial charge on any atom is -0.454 e. The summed E-state index contributed by atoms with van der Waals surface area (Å²) in [5.41, 5.74) is 0. The molecule has 0 unspecified atom stereocenters. The van der Waals surface area contributed by atoms with Gasteiger partial charge < -0.3 is 19.4 Å². The van der Waals surface area contributed by atoms with Crippen LogP contribution in [0.25, 0.3) is 0 Å². The Bertz CT molecular complexity index is 774. The monoisotopic (exact) mass is 378 g/mol. The Labute approximate surface area is 156 Å². The Hall–Kier alpha value is -2.84. The molecule has 0 radical (unpaired) electrons. The zero-order valence-corrected chi connectivity index (χ0v) is 15.3. The molecule has 1 aliphatic heterocycles. The number of nitrogens with one attached hydrogen (secondary N) is 1. The summed E-state index contributed by atoms with van der Waals surface area (Å²) in [6.45, 7) is 3.97. The highest BCUT2D eigenvalue weighted by atomic mass is 19.1. The normalized spacial score (nSPS) is 19.5. The fraction of sp³-hybridized carbons (Fsp3) is 0.500. The third kappa shape index (κ3) is 4.87. The molecule has 1 N–H and O–H groups in total. The molecule has 8 nitrogen and oxygen atoms in total. The fourth-order valence-corrected chi connectivity index (χ4v) is 3.03. The Kier molecular flexibility index (Phi) is 5.78. The average molecular weight is 378 g/mol. The number of hydrogen-bond donors (Lipinski definition) is 1. The molecule has 1 saturated heterocycles. The number of carbonyl (C=O) groups excluding carboxylic acids is 2. The fourth-order valence-electron chi connectivity index (χ4n) is 3.03. The quantitative estimate of drug-likeness (QED) is 0.832. The highest BCUT2D eigenvalue weighted by molar-refractivity contribution is 5.92. The lowest BCUT2D eigenvalue weighted by Gasteiger charge is -2.23. The number of alkyl carbamates (subject to hydrolysis) is 1. The highest BCUT2D eigenvalue weighted by Crippen LogP contribution is 2.23. The average Bonchev–Trinajstić information content (AvgIpc) is 3.33. The molecule has 1 aliphatic rings. The van der Waals surface area contributed by atoms with Crippen molar-refractivity contribution in [1.29, 1.82) is 0 Å². The van der Waals surface area contributed by atoms with Crippen molar-refractivity contribution in [3.05, 3.63) is 42.1 Å². The van der Waals surface area contributed by atoms with Crippen molar-refractivity contribution < 1.29 is 23.1 Å². The first-order valence-electron chi connectivity index (χ1n) is 8.88. The number of ether oxygens (including phenoxy) is 1. The van der Waals surface area contributed by atoms with Crippen molar-refractivity contribution in [2.24, 2.45) is 0 Å². The smallest absolute Gasteiger partial charge is 0.407 e. The molecule has 9 heteroatoms. The van der Waals surface area contributed by atoms with E-state index in [4.69, 9.17) is 9.15 Å². The number of hydrogen-bond acceptors (Lipinski definition) is 5. The zero-order valence-electron chi connectivity index (χ0n) is 15.3. The minimum absolute atomic E-state index is 0.0282. The summed E-state index contributed by atoms with van der Waals surface area (Å²) in [6.07, 6.45) is 1.63. The number of halogens is 1. The molecule has 3 rings (SSSR count). The van der Waals surface area contributed by atoms with Crippen LogP contribution in [0, 0.1) is 0 Å². The first kappa shape index (κ1) is 18.9. The second-order valence-corrected chi connectivity index (χ2v) is 6.75. The number of carbonyl (C=O) groups is 2. The van der Waals surface area contributed by atoms with Crippen LogP contribution in [0.4, 0.5) is 9.18 Å². The number of nitrogens with zero attached hydrogens (tertiary/aromatic N) is 3. The largest absolute Gasteiger partial charge is 0.454 e. The van der Waals surface area contributed by atoms with Gasteiger partial charge in [-0.1, -0.05) is 0 Å². The van der Waals surface area contributed by atoms with Gasteiger partial charge in [0.2, 0.25) is 0 Å². The highest BCUT2D eigenvalue weighted by Gasteiger charge is 2.37. The van der Waals surface area contributed by atoms with Crippen LogP contribution in [0.3, 0.4) is 0 Å². The lowest BCUT2D eigenvalue weighted by Crippen LogP contribution is -2.43. The number of alkyl halides is 1. The van der Waals surface area contributed by atoms with Gasteiger partial charge in [-0.25, -0.2) is 9.18 Å². The lowest BCUT2D eigenvalue weighted by molar-refractivity contribution is 0.0685. The molecule has 2 atom stereocenters. The maximum Gasteiger partial charge on any atom is 0.407 e. The molecule has 27 heavy (non-hydrogen) atoms. The van der Waals surface area contributed by atoms with Crippen molar-refractivity contribution in [2.75, 3.05) is 13.1 Å². The van der Waals surface area contributed by atoms with Crippen LogP contribution in [-0.2, 0) is 11.3 Å². The number of aromatic nitrogens is 2. The molecule has 2 aromatic heterocycles. The molecule has 0 spiro atoms. The lowest BCUT2D eigenvalue weighted by atomic mass is 10.2. The molecule has 0 saturated carbocycles. The Morgan fingerprint density at radius 1 is 1.44 bits per heavy atom. The van der Waals surface area contributed by atoms with Crippen LogP contribution in [0.1, 0.15) is 36.6 Å². The third-order valence-electron chi connectivity index (χ3n) is 4.20. The topological polar surface area (TPSA) is 89.6 Å². The predicted octanol–water partition coefficient (Wildman–Crippen LogP) is 2.21. The van der Waals surface area contributed by atoms with E-state index in [1.807, 2.05) is 0 Å². The SMILES string of the molecule is CC(C)OC(=O)NC[C@@H]1C[C@H](F)CN1C(=O)c1ccc(Cn2cccn2)o1. The molecule has 0 bridgehead atoms. The van der Waals surface area contributed by atoms with Gasteiger partial charge in [0.05, 0.1) is 25.2 Å². The summed E-state index contributed by atoms with van der Waals surface area (Å²) >= 11 is 0. The van der Waals surface area contributed by atoms with Crippen LogP contribution in [0.15, 0.2) is 35.0 Å². The van der Waals surface area contributed by atoms with Crippen molar-refractivity contribution in [3.8, 4) is 0 Å². The molecule has 0 aromatic carbocycles. The summed E-state index contributed by atoms with van der Waals surface area (Å²) in [4.78, 5) is 25.8. The third-order valence-corrected chi connectivity index (χ3v) is 4.20. The van der Waals surface area contributed by atoms with Crippen molar-refractivity contribution in [3.63, 3.8) is 0 Å². The second kappa shape index (κ2) is 8.24. The van der Waals surface area contributed by atoms with Crippen LogP contribution < -0.4 is 5.32 Å². The summed E-state index contributed by atoms with van der Waals surface area (Å²) < 4.78 is 26.2. The van der Waals surface area contributed by atoms with Crippen LogP contribution in [0.5, 0.6) is 0 Å². The van der Waals surface area contributed by atoms with E-state index >= 15 is 0 Å². The van der Waals surface area contributed by atoms with Gasteiger partial charge in [-0.2, -0.15) is 5.10 Å². The van der Waals surface area contributed by atoms with Gasteiger partial charge in [0, 0.05) is 25.4 Å². The Balaban J connectivity index is 1.61.